The molecule has 0 radical (unpaired) electrons. The van der Waals surface area contributed by atoms with E-state index in [4.69, 9.17) is 9.47 Å². The lowest BCUT2D eigenvalue weighted by atomic mass is 10.1. The van der Waals surface area contributed by atoms with E-state index in [2.05, 4.69) is 24.4 Å². The van der Waals surface area contributed by atoms with Crippen LogP contribution in [0.4, 0.5) is 0 Å². The second kappa shape index (κ2) is 5.92. The maximum Gasteiger partial charge on any atom is 0.161 e. The molecule has 0 amide bonds. The Bertz CT molecular complexity index is 359. The van der Waals surface area contributed by atoms with Gasteiger partial charge in [0.15, 0.2) is 11.5 Å². The van der Waals surface area contributed by atoms with Crippen molar-refractivity contribution in [1.82, 2.24) is 5.32 Å². The van der Waals surface area contributed by atoms with E-state index in [9.17, 15) is 0 Å². The highest BCUT2D eigenvalue weighted by Crippen LogP contribution is 2.30. The van der Waals surface area contributed by atoms with Crippen molar-refractivity contribution in [2.24, 2.45) is 0 Å². The van der Waals surface area contributed by atoms with Crippen molar-refractivity contribution in [3.8, 4) is 11.5 Å². The molecular weight excluding hydrogens is 214 g/mol. The van der Waals surface area contributed by atoms with Gasteiger partial charge in [0.2, 0.25) is 0 Å². The minimum absolute atomic E-state index is 0.279. The highest BCUT2D eigenvalue weighted by Gasteiger charge is 2.17. The van der Waals surface area contributed by atoms with Gasteiger partial charge in [-0.05, 0) is 37.1 Å². The molecule has 0 spiro atoms. The number of methoxy groups -OCH3 is 1. The summed E-state index contributed by atoms with van der Waals surface area (Å²) in [4.78, 5) is 0. The zero-order valence-corrected chi connectivity index (χ0v) is 10.7. The molecule has 2 rings (SSSR count). The number of hydrogen-bond donors (Lipinski definition) is 1. The summed E-state index contributed by atoms with van der Waals surface area (Å²) in [6.45, 7) is 4.15. The fraction of sp³-hybridized carbons (Fsp3) is 0.571. The average Bonchev–Trinajstić information content (AvgIpc) is 2.84. The second-order valence-electron chi connectivity index (χ2n) is 4.47. The fourth-order valence-electron chi connectivity index (χ4n) is 2.16. The van der Waals surface area contributed by atoms with Gasteiger partial charge in [0, 0.05) is 6.54 Å². The minimum atomic E-state index is 0.279. The van der Waals surface area contributed by atoms with E-state index >= 15 is 0 Å². The normalized spacial score (nSPS) is 19.3. The molecule has 0 saturated carbocycles. The lowest BCUT2D eigenvalue weighted by molar-refractivity contribution is 0.212. The third kappa shape index (κ3) is 3.13. The predicted octanol–water partition coefficient (Wildman–Crippen LogP) is 2.39. The number of nitrogens with one attached hydrogen (secondary N) is 1. The molecule has 0 unspecified atom stereocenters. The molecule has 1 N–H and O–H groups in total. The molecule has 1 atom stereocenters. The molecule has 1 aliphatic rings. The first kappa shape index (κ1) is 12.2. The predicted molar refractivity (Wildman–Crippen MR) is 68.9 cm³/mol. The largest absolute Gasteiger partial charge is 0.493 e. The Kier molecular flexibility index (Phi) is 4.26. The molecule has 1 fully saturated rings. The molecule has 0 bridgehead atoms. The third-order valence-corrected chi connectivity index (χ3v) is 3.08. The van der Waals surface area contributed by atoms with Crippen LogP contribution in [0.25, 0.3) is 0 Å². The molecule has 0 aromatic heterocycles. The Balaban J connectivity index is 2.09. The van der Waals surface area contributed by atoms with Crippen LogP contribution in [0, 0.1) is 0 Å². The summed E-state index contributed by atoms with van der Waals surface area (Å²) in [7, 11) is 1.70. The number of rotatable bonds is 5. The lowest BCUT2D eigenvalue weighted by Crippen LogP contribution is -2.19. The summed E-state index contributed by atoms with van der Waals surface area (Å²) in [5.74, 6) is 1.71. The van der Waals surface area contributed by atoms with Crippen molar-refractivity contribution in [1.29, 1.82) is 0 Å². The molecule has 1 aliphatic heterocycles. The summed E-state index contributed by atoms with van der Waals surface area (Å²) >= 11 is 0. The minimum Gasteiger partial charge on any atom is -0.493 e. The Labute approximate surface area is 103 Å². The molecular formula is C14H21NO2. The molecule has 17 heavy (non-hydrogen) atoms. The van der Waals surface area contributed by atoms with Crippen molar-refractivity contribution in [2.75, 3.05) is 20.2 Å². The van der Waals surface area contributed by atoms with Gasteiger partial charge in [-0.3, -0.25) is 0 Å². The van der Waals surface area contributed by atoms with E-state index in [1.54, 1.807) is 7.11 Å². The van der Waals surface area contributed by atoms with Gasteiger partial charge in [0.25, 0.3) is 0 Å². The van der Waals surface area contributed by atoms with E-state index in [1.165, 1.54) is 5.56 Å². The monoisotopic (exact) mass is 235 g/mol. The van der Waals surface area contributed by atoms with Crippen LogP contribution in [-0.4, -0.2) is 26.3 Å². The Morgan fingerprint density at radius 2 is 2.24 bits per heavy atom. The van der Waals surface area contributed by atoms with Gasteiger partial charge < -0.3 is 14.8 Å². The number of hydrogen-bond acceptors (Lipinski definition) is 3. The van der Waals surface area contributed by atoms with Gasteiger partial charge in [-0.15, -0.1) is 0 Å². The van der Waals surface area contributed by atoms with Crippen LogP contribution < -0.4 is 14.8 Å². The standard InChI is InChI=1S/C14H21NO2/c1-3-4-11-5-6-13(14(9-11)16-2)17-12-7-8-15-10-12/h5-6,9,12,15H,3-4,7-8,10H2,1-2H3/t12-/m1/s1. The molecule has 1 saturated heterocycles. The van der Waals surface area contributed by atoms with E-state index in [-0.39, 0.29) is 6.10 Å². The summed E-state index contributed by atoms with van der Waals surface area (Å²) in [5.41, 5.74) is 1.31. The van der Waals surface area contributed by atoms with E-state index < -0.39 is 0 Å². The lowest BCUT2D eigenvalue weighted by Gasteiger charge is -2.16. The van der Waals surface area contributed by atoms with Crippen molar-refractivity contribution < 1.29 is 9.47 Å². The summed E-state index contributed by atoms with van der Waals surface area (Å²) in [5, 5.41) is 3.30. The van der Waals surface area contributed by atoms with Gasteiger partial charge in [0.05, 0.1) is 7.11 Å². The zero-order valence-electron chi connectivity index (χ0n) is 10.7. The highest BCUT2D eigenvalue weighted by atomic mass is 16.5. The van der Waals surface area contributed by atoms with Crippen molar-refractivity contribution >= 4 is 0 Å². The van der Waals surface area contributed by atoms with Gasteiger partial charge in [-0.2, -0.15) is 0 Å². The van der Waals surface area contributed by atoms with Gasteiger partial charge in [0.1, 0.15) is 6.10 Å². The van der Waals surface area contributed by atoms with Crippen LogP contribution in [0.2, 0.25) is 0 Å². The first-order valence-corrected chi connectivity index (χ1v) is 6.37. The summed E-state index contributed by atoms with van der Waals surface area (Å²) < 4.78 is 11.3. The maximum absolute atomic E-state index is 5.94. The second-order valence-corrected chi connectivity index (χ2v) is 4.47. The number of ether oxygens (including phenoxy) is 2. The van der Waals surface area contributed by atoms with Crippen molar-refractivity contribution in [2.45, 2.75) is 32.3 Å². The van der Waals surface area contributed by atoms with Crippen LogP contribution in [0.5, 0.6) is 11.5 Å². The molecule has 1 aromatic carbocycles. The smallest absolute Gasteiger partial charge is 0.161 e. The van der Waals surface area contributed by atoms with Gasteiger partial charge in [-0.1, -0.05) is 19.4 Å². The maximum atomic E-state index is 5.94. The van der Waals surface area contributed by atoms with Crippen LogP contribution in [0.15, 0.2) is 18.2 Å². The Morgan fingerprint density at radius 1 is 1.35 bits per heavy atom. The van der Waals surface area contributed by atoms with Crippen LogP contribution in [-0.2, 0) is 6.42 Å². The van der Waals surface area contributed by atoms with Crippen LogP contribution >= 0.6 is 0 Å². The average molecular weight is 235 g/mol. The van der Waals surface area contributed by atoms with Crippen LogP contribution in [0.1, 0.15) is 25.3 Å². The molecule has 3 heteroatoms. The molecule has 3 nitrogen and oxygen atoms in total. The van der Waals surface area contributed by atoms with E-state index in [0.717, 1.165) is 43.9 Å². The third-order valence-electron chi connectivity index (χ3n) is 3.08. The number of aryl methyl sites for hydroxylation is 1. The molecule has 94 valence electrons. The SMILES string of the molecule is CCCc1ccc(O[C@@H]2CCNC2)c(OC)c1. The van der Waals surface area contributed by atoms with E-state index in [0.29, 0.717) is 0 Å². The summed E-state index contributed by atoms with van der Waals surface area (Å²) in [6.07, 6.45) is 3.58. The Morgan fingerprint density at radius 3 is 2.88 bits per heavy atom. The number of benzene rings is 1. The molecule has 1 aromatic rings. The Hall–Kier alpha value is -1.22. The quantitative estimate of drug-likeness (QED) is 0.850. The molecule has 1 heterocycles. The molecule has 0 aliphatic carbocycles. The van der Waals surface area contributed by atoms with Gasteiger partial charge >= 0.3 is 0 Å². The first-order valence-electron chi connectivity index (χ1n) is 6.37. The topological polar surface area (TPSA) is 30.5 Å². The van der Waals surface area contributed by atoms with E-state index in [1.807, 2.05) is 6.07 Å². The fourth-order valence-corrected chi connectivity index (χ4v) is 2.16. The first-order chi connectivity index (χ1) is 8.33. The summed E-state index contributed by atoms with van der Waals surface area (Å²) in [6, 6.07) is 6.24. The highest BCUT2D eigenvalue weighted by molar-refractivity contribution is 5.43. The zero-order chi connectivity index (χ0) is 12.1. The van der Waals surface area contributed by atoms with Crippen molar-refractivity contribution in [3.05, 3.63) is 23.8 Å². The van der Waals surface area contributed by atoms with Crippen molar-refractivity contribution in [3.63, 3.8) is 0 Å². The van der Waals surface area contributed by atoms with Crippen LogP contribution in [0.3, 0.4) is 0 Å². The van der Waals surface area contributed by atoms with Gasteiger partial charge in [-0.25, -0.2) is 0 Å².